The molecule has 0 spiro atoms. The molecule has 0 saturated carbocycles. The van der Waals surface area contributed by atoms with Gasteiger partial charge in [0.15, 0.2) is 5.78 Å². The SMILES string of the molecule is O=C(CCC1CCCCO1)c1cc(F)ccc1F. The number of carbonyl (C=O) groups excluding carboxylic acids is 1. The molecule has 1 aromatic rings. The van der Waals surface area contributed by atoms with Crippen LogP contribution in [0.2, 0.25) is 0 Å². The first-order valence-corrected chi connectivity index (χ1v) is 6.26. The van der Waals surface area contributed by atoms with Gasteiger partial charge >= 0.3 is 0 Å². The number of halogens is 2. The molecule has 0 aliphatic carbocycles. The van der Waals surface area contributed by atoms with Crippen LogP contribution in [0.25, 0.3) is 0 Å². The minimum absolute atomic E-state index is 0.0827. The van der Waals surface area contributed by atoms with Crippen molar-refractivity contribution in [3.63, 3.8) is 0 Å². The number of carbonyl (C=O) groups is 1. The lowest BCUT2D eigenvalue weighted by Crippen LogP contribution is -2.20. The minimum atomic E-state index is -0.661. The Hall–Kier alpha value is -1.29. The summed E-state index contributed by atoms with van der Waals surface area (Å²) in [6.45, 7) is 0.729. The van der Waals surface area contributed by atoms with Crippen LogP contribution in [-0.4, -0.2) is 18.5 Å². The molecule has 18 heavy (non-hydrogen) atoms. The summed E-state index contributed by atoms with van der Waals surface area (Å²) in [5.41, 5.74) is -0.161. The Labute approximate surface area is 105 Å². The highest BCUT2D eigenvalue weighted by molar-refractivity contribution is 5.96. The van der Waals surface area contributed by atoms with E-state index < -0.39 is 11.6 Å². The molecule has 2 rings (SSSR count). The van der Waals surface area contributed by atoms with Crippen LogP contribution in [0.5, 0.6) is 0 Å². The van der Waals surface area contributed by atoms with Crippen molar-refractivity contribution < 1.29 is 18.3 Å². The average Bonchev–Trinajstić information content (AvgIpc) is 2.40. The van der Waals surface area contributed by atoms with Crippen molar-refractivity contribution in [3.8, 4) is 0 Å². The third-order valence-corrected chi connectivity index (χ3v) is 3.20. The Balaban J connectivity index is 1.92. The summed E-state index contributed by atoms with van der Waals surface area (Å²) in [6.07, 6.45) is 3.97. The molecule has 0 aromatic heterocycles. The molecule has 0 radical (unpaired) electrons. The van der Waals surface area contributed by atoms with E-state index in [4.69, 9.17) is 4.74 Å². The lowest BCUT2D eigenvalue weighted by Gasteiger charge is -2.22. The van der Waals surface area contributed by atoms with Crippen molar-refractivity contribution >= 4 is 5.78 Å². The van der Waals surface area contributed by atoms with Crippen molar-refractivity contribution in [1.82, 2.24) is 0 Å². The van der Waals surface area contributed by atoms with E-state index in [0.29, 0.717) is 6.42 Å². The summed E-state index contributed by atoms with van der Waals surface area (Å²) in [5, 5.41) is 0. The molecule has 1 aromatic carbocycles. The van der Waals surface area contributed by atoms with Crippen LogP contribution in [0.4, 0.5) is 8.78 Å². The van der Waals surface area contributed by atoms with Gasteiger partial charge in [0.2, 0.25) is 0 Å². The molecule has 1 saturated heterocycles. The second-order valence-electron chi connectivity index (χ2n) is 4.57. The second kappa shape index (κ2) is 6.05. The summed E-state index contributed by atoms with van der Waals surface area (Å²) in [5.74, 6) is -1.61. The molecule has 1 aliphatic rings. The van der Waals surface area contributed by atoms with E-state index in [-0.39, 0.29) is 23.9 Å². The van der Waals surface area contributed by atoms with Crippen molar-refractivity contribution in [2.75, 3.05) is 6.61 Å². The maximum absolute atomic E-state index is 13.4. The van der Waals surface area contributed by atoms with Crippen molar-refractivity contribution in [2.45, 2.75) is 38.2 Å². The molecule has 1 unspecified atom stereocenters. The van der Waals surface area contributed by atoms with E-state index in [2.05, 4.69) is 0 Å². The van der Waals surface area contributed by atoms with Crippen LogP contribution in [0.3, 0.4) is 0 Å². The Morgan fingerprint density at radius 1 is 1.33 bits per heavy atom. The second-order valence-corrected chi connectivity index (χ2v) is 4.57. The smallest absolute Gasteiger partial charge is 0.166 e. The van der Waals surface area contributed by atoms with Gasteiger partial charge in [-0.3, -0.25) is 4.79 Å². The Morgan fingerprint density at radius 2 is 2.17 bits per heavy atom. The van der Waals surface area contributed by atoms with Gasteiger partial charge in [-0.05, 0) is 43.9 Å². The maximum atomic E-state index is 13.4. The first-order chi connectivity index (χ1) is 8.66. The average molecular weight is 254 g/mol. The van der Waals surface area contributed by atoms with Crippen LogP contribution in [-0.2, 0) is 4.74 Å². The molecule has 4 heteroatoms. The Bertz CT molecular complexity index is 426. The van der Waals surface area contributed by atoms with E-state index in [1.54, 1.807) is 0 Å². The van der Waals surface area contributed by atoms with Crippen molar-refractivity contribution in [3.05, 3.63) is 35.4 Å². The van der Waals surface area contributed by atoms with Gasteiger partial charge in [0.25, 0.3) is 0 Å². The lowest BCUT2D eigenvalue weighted by molar-refractivity contribution is 0.0104. The first kappa shape index (κ1) is 13.1. The van der Waals surface area contributed by atoms with Gasteiger partial charge in [0.05, 0.1) is 11.7 Å². The first-order valence-electron chi connectivity index (χ1n) is 6.26. The number of ketones is 1. The van der Waals surface area contributed by atoms with E-state index in [0.717, 1.165) is 44.1 Å². The highest BCUT2D eigenvalue weighted by atomic mass is 19.1. The van der Waals surface area contributed by atoms with Gasteiger partial charge in [-0.25, -0.2) is 8.78 Å². The maximum Gasteiger partial charge on any atom is 0.166 e. The Kier molecular flexibility index (Phi) is 4.42. The topological polar surface area (TPSA) is 26.3 Å². The fourth-order valence-electron chi connectivity index (χ4n) is 2.17. The third-order valence-electron chi connectivity index (χ3n) is 3.20. The van der Waals surface area contributed by atoms with E-state index in [9.17, 15) is 13.6 Å². The van der Waals surface area contributed by atoms with Crippen LogP contribution in [0.1, 0.15) is 42.5 Å². The number of Topliss-reactive ketones (excluding diaryl/α,β-unsaturated/α-hetero) is 1. The highest BCUT2D eigenvalue weighted by Gasteiger charge is 2.18. The Morgan fingerprint density at radius 3 is 2.89 bits per heavy atom. The molecule has 98 valence electrons. The zero-order chi connectivity index (χ0) is 13.0. The molecular weight excluding hydrogens is 238 g/mol. The van der Waals surface area contributed by atoms with Gasteiger partial charge in [0.1, 0.15) is 11.6 Å². The lowest BCUT2D eigenvalue weighted by atomic mass is 10.00. The van der Waals surface area contributed by atoms with Crippen LogP contribution < -0.4 is 0 Å². The molecule has 1 aliphatic heterocycles. The number of rotatable bonds is 4. The third kappa shape index (κ3) is 3.35. The van der Waals surface area contributed by atoms with Gasteiger partial charge in [0, 0.05) is 13.0 Å². The largest absolute Gasteiger partial charge is 0.378 e. The quantitative estimate of drug-likeness (QED) is 0.769. The summed E-state index contributed by atoms with van der Waals surface area (Å²) < 4.78 is 31.8. The summed E-state index contributed by atoms with van der Waals surface area (Å²) in [7, 11) is 0. The predicted octanol–water partition coefficient (Wildman–Crippen LogP) is 3.50. The van der Waals surface area contributed by atoms with E-state index >= 15 is 0 Å². The predicted molar refractivity (Wildman–Crippen MR) is 63.5 cm³/mol. The standard InChI is InChI=1S/C14H16F2O2/c15-10-4-6-13(16)12(9-10)14(17)7-5-11-3-1-2-8-18-11/h4,6,9,11H,1-3,5,7-8H2. The van der Waals surface area contributed by atoms with Gasteiger partial charge in [-0.15, -0.1) is 0 Å². The number of hydrogen-bond donors (Lipinski definition) is 0. The molecule has 0 N–H and O–H groups in total. The van der Waals surface area contributed by atoms with Crippen LogP contribution >= 0.6 is 0 Å². The minimum Gasteiger partial charge on any atom is -0.378 e. The van der Waals surface area contributed by atoms with Gasteiger partial charge in [-0.2, -0.15) is 0 Å². The van der Waals surface area contributed by atoms with Gasteiger partial charge in [-0.1, -0.05) is 0 Å². The fourth-order valence-corrected chi connectivity index (χ4v) is 2.17. The molecule has 1 heterocycles. The van der Waals surface area contributed by atoms with E-state index in [1.165, 1.54) is 0 Å². The van der Waals surface area contributed by atoms with Crippen molar-refractivity contribution in [2.24, 2.45) is 0 Å². The van der Waals surface area contributed by atoms with E-state index in [1.807, 2.05) is 0 Å². The van der Waals surface area contributed by atoms with Crippen LogP contribution in [0.15, 0.2) is 18.2 Å². The molecular formula is C14H16F2O2. The monoisotopic (exact) mass is 254 g/mol. The zero-order valence-electron chi connectivity index (χ0n) is 10.1. The fraction of sp³-hybridized carbons (Fsp3) is 0.500. The summed E-state index contributed by atoms with van der Waals surface area (Å²) in [6, 6.07) is 2.95. The molecule has 1 fully saturated rings. The molecule has 2 nitrogen and oxygen atoms in total. The number of ether oxygens (including phenoxy) is 1. The number of hydrogen-bond acceptors (Lipinski definition) is 2. The summed E-state index contributed by atoms with van der Waals surface area (Å²) >= 11 is 0. The van der Waals surface area contributed by atoms with Crippen LogP contribution in [0, 0.1) is 11.6 Å². The molecule has 0 amide bonds. The van der Waals surface area contributed by atoms with Gasteiger partial charge < -0.3 is 4.74 Å². The zero-order valence-corrected chi connectivity index (χ0v) is 10.1. The number of benzene rings is 1. The highest BCUT2D eigenvalue weighted by Crippen LogP contribution is 2.19. The van der Waals surface area contributed by atoms with Crippen molar-refractivity contribution in [1.29, 1.82) is 0 Å². The molecule has 0 bridgehead atoms. The molecule has 1 atom stereocenters. The summed E-state index contributed by atoms with van der Waals surface area (Å²) in [4.78, 5) is 11.8. The normalized spacial score (nSPS) is 19.8.